The van der Waals surface area contributed by atoms with Gasteiger partial charge < -0.3 is 20.1 Å². The first-order valence-electron chi connectivity index (χ1n) is 10.0. The molecule has 0 unspecified atom stereocenters. The summed E-state index contributed by atoms with van der Waals surface area (Å²) in [5.41, 5.74) is 1.67. The van der Waals surface area contributed by atoms with Gasteiger partial charge in [0, 0.05) is 37.1 Å². The molecule has 162 valence electrons. The summed E-state index contributed by atoms with van der Waals surface area (Å²) < 4.78 is 11.4. The van der Waals surface area contributed by atoms with E-state index >= 15 is 0 Å². The van der Waals surface area contributed by atoms with Crippen molar-refractivity contribution in [2.75, 3.05) is 32.2 Å². The maximum absolute atomic E-state index is 12.5. The van der Waals surface area contributed by atoms with Crippen molar-refractivity contribution in [3.63, 3.8) is 0 Å². The summed E-state index contributed by atoms with van der Waals surface area (Å²) in [5.74, 6) is 0.900. The second-order valence-electron chi connectivity index (χ2n) is 7.31. The zero-order chi connectivity index (χ0) is 21.9. The molecule has 0 aromatic heterocycles. The quantitative estimate of drug-likeness (QED) is 0.452. The first kappa shape index (κ1) is 23.9. The van der Waals surface area contributed by atoms with Crippen LogP contribution in [0.3, 0.4) is 0 Å². The number of benzene rings is 2. The third-order valence-corrected chi connectivity index (χ3v) is 4.98. The maximum Gasteiger partial charge on any atom is 0.255 e. The Morgan fingerprint density at radius 2 is 1.70 bits per heavy atom. The highest BCUT2D eigenvalue weighted by atomic mass is 79.9. The van der Waals surface area contributed by atoms with Gasteiger partial charge in [0.15, 0.2) is 0 Å². The molecule has 0 fully saturated rings. The highest BCUT2D eigenvalue weighted by molar-refractivity contribution is 9.10. The molecule has 0 spiro atoms. The fourth-order valence-electron chi connectivity index (χ4n) is 2.59. The van der Waals surface area contributed by atoms with E-state index in [9.17, 15) is 9.59 Å². The van der Waals surface area contributed by atoms with Crippen LogP contribution in [-0.4, -0.2) is 38.7 Å². The molecule has 2 rings (SSSR count). The molecule has 0 heterocycles. The van der Waals surface area contributed by atoms with Crippen molar-refractivity contribution in [2.24, 2.45) is 5.92 Å². The van der Waals surface area contributed by atoms with E-state index in [0.29, 0.717) is 48.2 Å². The Labute approximate surface area is 186 Å². The number of halogens is 1. The van der Waals surface area contributed by atoms with E-state index in [-0.39, 0.29) is 11.8 Å². The van der Waals surface area contributed by atoms with Crippen LogP contribution in [0.5, 0.6) is 5.75 Å². The Balaban J connectivity index is 1.91. The van der Waals surface area contributed by atoms with Crippen molar-refractivity contribution in [3.05, 3.63) is 58.1 Å². The second-order valence-corrected chi connectivity index (χ2v) is 8.16. The van der Waals surface area contributed by atoms with Gasteiger partial charge in [0.1, 0.15) is 5.75 Å². The maximum atomic E-state index is 12.5. The lowest BCUT2D eigenvalue weighted by Crippen LogP contribution is -2.25. The van der Waals surface area contributed by atoms with E-state index in [4.69, 9.17) is 9.47 Å². The van der Waals surface area contributed by atoms with Gasteiger partial charge in [-0.1, -0.05) is 13.8 Å². The number of anilines is 1. The van der Waals surface area contributed by atoms with E-state index in [1.807, 2.05) is 0 Å². The molecule has 0 aliphatic heterocycles. The van der Waals surface area contributed by atoms with E-state index in [0.717, 1.165) is 17.3 Å². The van der Waals surface area contributed by atoms with E-state index in [2.05, 4.69) is 40.4 Å². The average Bonchev–Trinajstić information content (AvgIpc) is 2.72. The minimum atomic E-state index is -0.235. The molecule has 2 amide bonds. The summed E-state index contributed by atoms with van der Waals surface area (Å²) in [6.07, 6.45) is 1.73. The van der Waals surface area contributed by atoms with E-state index in [1.165, 1.54) is 0 Å². The topological polar surface area (TPSA) is 76.7 Å². The third kappa shape index (κ3) is 7.80. The van der Waals surface area contributed by atoms with Crippen molar-refractivity contribution in [3.8, 4) is 5.75 Å². The molecule has 6 nitrogen and oxygen atoms in total. The predicted molar refractivity (Wildman–Crippen MR) is 122 cm³/mol. The van der Waals surface area contributed by atoms with Crippen LogP contribution in [-0.2, 0) is 4.74 Å². The van der Waals surface area contributed by atoms with Crippen molar-refractivity contribution in [1.82, 2.24) is 5.32 Å². The smallest absolute Gasteiger partial charge is 0.255 e. The number of hydrogen-bond acceptors (Lipinski definition) is 4. The number of hydrogen-bond donors (Lipinski definition) is 2. The molecule has 7 heteroatoms. The summed E-state index contributed by atoms with van der Waals surface area (Å²) in [6, 6.07) is 12.0. The highest BCUT2D eigenvalue weighted by Gasteiger charge is 2.11. The molecule has 0 saturated heterocycles. The molecule has 2 N–H and O–H groups in total. The van der Waals surface area contributed by atoms with Crippen LogP contribution in [0.1, 0.15) is 47.4 Å². The van der Waals surface area contributed by atoms with Gasteiger partial charge in [-0.3, -0.25) is 9.59 Å². The molecule has 0 aliphatic rings. The SMILES string of the molecule is COCCCNC(=O)c1ccc(NC(=O)c2ccc(OCCC(C)C)c(Br)c2)cc1. The average molecular weight is 477 g/mol. The number of carbonyl (C=O) groups is 2. The molecule has 0 bridgehead atoms. The molecular weight excluding hydrogens is 448 g/mol. The van der Waals surface area contributed by atoms with Crippen LogP contribution >= 0.6 is 15.9 Å². The Morgan fingerprint density at radius 3 is 2.33 bits per heavy atom. The van der Waals surface area contributed by atoms with Crippen molar-refractivity contribution in [2.45, 2.75) is 26.7 Å². The van der Waals surface area contributed by atoms with Crippen LogP contribution in [0.4, 0.5) is 5.69 Å². The zero-order valence-corrected chi connectivity index (χ0v) is 19.3. The van der Waals surface area contributed by atoms with Crippen LogP contribution in [0.2, 0.25) is 0 Å². The lowest BCUT2D eigenvalue weighted by Gasteiger charge is -2.11. The molecule has 2 aromatic carbocycles. The van der Waals surface area contributed by atoms with Crippen LogP contribution in [0, 0.1) is 5.92 Å². The number of rotatable bonds is 11. The van der Waals surface area contributed by atoms with Crippen molar-refractivity contribution in [1.29, 1.82) is 0 Å². The number of amides is 2. The third-order valence-electron chi connectivity index (χ3n) is 4.36. The molecule has 0 saturated carbocycles. The van der Waals surface area contributed by atoms with Gasteiger partial charge in [-0.25, -0.2) is 0 Å². The summed E-state index contributed by atoms with van der Waals surface area (Å²) in [7, 11) is 1.63. The summed E-state index contributed by atoms with van der Waals surface area (Å²) in [6.45, 7) is 6.08. The van der Waals surface area contributed by atoms with Gasteiger partial charge in [0.05, 0.1) is 11.1 Å². The summed E-state index contributed by atoms with van der Waals surface area (Å²) in [5, 5.41) is 5.67. The Hall–Kier alpha value is -2.38. The van der Waals surface area contributed by atoms with Crippen molar-refractivity contribution < 1.29 is 19.1 Å². The lowest BCUT2D eigenvalue weighted by molar-refractivity contribution is 0.0948. The summed E-state index contributed by atoms with van der Waals surface area (Å²) in [4.78, 5) is 24.6. The van der Waals surface area contributed by atoms with Gasteiger partial charge >= 0.3 is 0 Å². The molecule has 2 aromatic rings. The largest absolute Gasteiger partial charge is 0.492 e. The predicted octanol–water partition coefficient (Wildman–Crippen LogP) is 4.89. The molecule has 0 aliphatic carbocycles. The fraction of sp³-hybridized carbons (Fsp3) is 0.391. The summed E-state index contributed by atoms with van der Waals surface area (Å²) >= 11 is 3.47. The van der Waals surface area contributed by atoms with Crippen LogP contribution < -0.4 is 15.4 Å². The number of carbonyl (C=O) groups excluding carboxylic acids is 2. The monoisotopic (exact) mass is 476 g/mol. The van der Waals surface area contributed by atoms with Gasteiger partial charge in [0.25, 0.3) is 11.8 Å². The Kier molecular flexibility index (Phi) is 9.83. The molecule has 0 radical (unpaired) electrons. The first-order chi connectivity index (χ1) is 14.4. The van der Waals surface area contributed by atoms with Crippen molar-refractivity contribution >= 4 is 33.4 Å². The lowest BCUT2D eigenvalue weighted by atomic mass is 10.1. The Bertz CT molecular complexity index is 838. The fourth-order valence-corrected chi connectivity index (χ4v) is 3.09. The van der Waals surface area contributed by atoms with Crippen LogP contribution in [0.25, 0.3) is 0 Å². The molecular formula is C23H29BrN2O4. The normalized spacial score (nSPS) is 10.7. The highest BCUT2D eigenvalue weighted by Crippen LogP contribution is 2.27. The van der Waals surface area contributed by atoms with Crippen LogP contribution in [0.15, 0.2) is 46.9 Å². The van der Waals surface area contributed by atoms with E-state index in [1.54, 1.807) is 49.6 Å². The number of ether oxygens (including phenoxy) is 2. The molecule has 30 heavy (non-hydrogen) atoms. The number of methoxy groups -OCH3 is 1. The number of nitrogens with one attached hydrogen (secondary N) is 2. The minimum absolute atomic E-state index is 0.152. The van der Waals surface area contributed by atoms with Gasteiger partial charge in [-0.2, -0.15) is 0 Å². The second kappa shape index (κ2) is 12.3. The van der Waals surface area contributed by atoms with Gasteiger partial charge in [-0.05, 0) is 77.2 Å². The standard InChI is InChI=1S/C23H29BrN2O4/c1-16(2)11-14-30-21-10-7-18(15-20(21)24)23(28)26-19-8-5-17(6-9-19)22(27)25-12-4-13-29-3/h5-10,15-16H,4,11-14H2,1-3H3,(H,25,27)(H,26,28). The first-order valence-corrected chi connectivity index (χ1v) is 10.8. The van der Waals surface area contributed by atoms with E-state index < -0.39 is 0 Å². The Morgan fingerprint density at radius 1 is 1.00 bits per heavy atom. The zero-order valence-electron chi connectivity index (χ0n) is 17.7. The van der Waals surface area contributed by atoms with Gasteiger partial charge in [0.2, 0.25) is 0 Å². The molecule has 0 atom stereocenters. The minimum Gasteiger partial charge on any atom is -0.492 e. The van der Waals surface area contributed by atoms with Gasteiger partial charge in [-0.15, -0.1) is 0 Å².